The smallest absolute Gasteiger partial charge is 0.432 e. The molecule has 192 valence electrons. The third-order valence-electron chi connectivity index (χ3n) is 9.16. The first kappa shape index (κ1) is 24.7. The van der Waals surface area contributed by atoms with Gasteiger partial charge in [-0.3, -0.25) is 0 Å². The number of epoxide rings is 1. The van der Waals surface area contributed by atoms with E-state index in [1.54, 1.807) is 6.07 Å². The molecule has 1 aromatic carbocycles. The molecule has 2 saturated heterocycles. The first-order chi connectivity index (χ1) is 16.4. The molecular weight excluding hydrogens is 465 g/mol. The van der Waals surface area contributed by atoms with Crippen LogP contribution in [0.2, 0.25) is 0 Å². The number of fused-ring (bicyclic) bond motifs is 2. The summed E-state index contributed by atoms with van der Waals surface area (Å²) in [7, 11) is 2.40. The Balaban J connectivity index is 1.54. The van der Waals surface area contributed by atoms with Crippen molar-refractivity contribution >= 4 is 5.97 Å². The second kappa shape index (κ2) is 7.78. The van der Waals surface area contributed by atoms with Gasteiger partial charge in [0.25, 0.3) is 5.60 Å². The summed E-state index contributed by atoms with van der Waals surface area (Å²) < 4.78 is 72.4. The van der Waals surface area contributed by atoms with Gasteiger partial charge in [0, 0.05) is 31.1 Å². The minimum absolute atomic E-state index is 0.118. The molecule has 5 rings (SSSR count). The zero-order valence-corrected chi connectivity index (χ0v) is 20.3. The van der Waals surface area contributed by atoms with Crippen LogP contribution in [-0.2, 0) is 34.1 Å². The Hall–Kier alpha value is -1.94. The van der Waals surface area contributed by atoms with Crippen molar-refractivity contribution in [2.75, 3.05) is 20.8 Å². The summed E-state index contributed by atoms with van der Waals surface area (Å²) in [6.45, 7) is 8.65. The van der Waals surface area contributed by atoms with Crippen LogP contribution >= 0.6 is 0 Å². The predicted molar refractivity (Wildman–Crippen MR) is 118 cm³/mol. The Morgan fingerprint density at radius 3 is 2.46 bits per heavy atom. The van der Waals surface area contributed by atoms with E-state index in [1.165, 1.54) is 31.4 Å². The fraction of sp³-hybridized carbons (Fsp3) is 0.654. The zero-order chi connectivity index (χ0) is 25.4. The van der Waals surface area contributed by atoms with Crippen LogP contribution < -0.4 is 0 Å². The fourth-order valence-corrected chi connectivity index (χ4v) is 6.98. The van der Waals surface area contributed by atoms with Crippen molar-refractivity contribution in [3.63, 3.8) is 0 Å². The Labute approximate surface area is 202 Å². The SMILES string of the molecule is C=C1CO[C@@]2(OC)[C@H]3O[C@]34[C@H](OC(=O)[C@@](OC)(c3ccccc3)C(F)(F)F)CC[C@H](C)[C@@]4(C)C[C@@H]12. The number of esters is 1. The van der Waals surface area contributed by atoms with Crippen molar-refractivity contribution < 1.29 is 41.7 Å². The monoisotopic (exact) mass is 496 g/mol. The van der Waals surface area contributed by atoms with Gasteiger partial charge in [-0.05, 0) is 30.8 Å². The van der Waals surface area contributed by atoms with E-state index in [-0.39, 0.29) is 17.4 Å². The number of benzene rings is 1. The Morgan fingerprint density at radius 2 is 1.86 bits per heavy atom. The number of carbonyl (C=O) groups is 1. The lowest BCUT2D eigenvalue weighted by Gasteiger charge is -2.54. The van der Waals surface area contributed by atoms with Crippen molar-refractivity contribution in [2.24, 2.45) is 17.3 Å². The van der Waals surface area contributed by atoms with Gasteiger partial charge >= 0.3 is 12.1 Å². The summed E-state index contributed by atoms with van der Waals surface area (Å²) in [5.74, 6) is -2.54. The second-order valence-electron chi connectivity index (χ2n) is 10.5. The number of hydrogen-bond donors (Lipinski definition) is 0. The molecule has 0 amide bonds. The molecule has 1 spiro atoms. The quantitative estimate of drug-likeness (QED) is 0.339. The van der Waals surface area contributed by atoms with Crippen LogP contribution in [0.1, 0.15) is 38.7 Å². The van der Waals surface area contributed by atoms with E-state index in [9.17, 15) is 18.0 Å². The van der Waals surface area contributed by atoms with Crippen LogP contribution in [0.25, 0.3) is 0 Å². The molecule has 6 nitrogen and oxygen atoms in total. The van der Waals surface area contributed by atoms with E-state index in [0.29, 0.717) is 25.9 Å². The van der Waals surface area contributed by atoms with Gasteiger partial charge in [-0.2, -0.15) is 13.2 Å². The summed E-state index contributed by atoms with van der Waals surface area (Å²) in [5, 5.41) is 0. The molecule has 2 aliphatic carbocycles. The third kappa shape index (κ3) is 2.95. The lowest BCUT2D eigenvalue weighted by atomic mass is 9.51. The molecular formula is C26H31F3O6. The first-order valence-electron chi connectivity index (χ1n) is 11.9. The van der Waals surface area contributed by atoms with Crippen molar-refractivity contribution in [2.45, 2.75) is 68.5 Å². The molecule has 1 aromatic rings. The van der Waals surface area contributed by atoms with Gasteiger partial charge in [-0.15, -0.1) is 0 Å². The van der Waals surface area contributed by atoms with Crippen molar-refractivity contribution in [1.82, 2.24) is 0 Å². The van der Waals surface area contributed by atoms with E-state index in [2.05, 4.69) is 20.4 Å². The zero-order valence-electron chi connectivity index (χ0n) is 20.3. The van der Waals surface area contributed by atoms with Gasteiger partial charge in [0.05, 0.1) is 6.61 Å². The van der Waals surface area contributed by atoms with Crippen LogP contribution in [0.5, 0.6) is 0 Å². The minimum Gasteiger partial charge on any atom is -0.456 e. The Morgan fingerprint density at radius 1 is 1.17 bits per heavy atom. The third-order valence-corrected chi connectivity index (χ3v) is 9.16. The summed E-state index contributed by atoms with van der Waals surface area (Å²) in [6, 6.07) is 6.84. The highest BCUT2D eigenvalue weighted by Gasteiger charge is 2.86. The molecule has 2 saturated carbocycles. The fourth-order valence-electron chi connectivity index (χ4n) is 6.98. The molecule has 0 radical (unpaired) electrons. The van der Waals surface area contributed by atoms with Crippen molar-refractivity contribution in [3.8, 4) is 0 Å². The predicted octanol–water partition coefficient (Wildman–Crippen LogP) is 4.53. The van der Waals surface area contributed by atoms with Gasteiger partial charge in [-0.25, -0.2) is 4.79 Å². The standard InChI is InChI=1S/C26H31F3O6/c1-15-14-33-25(32-5)18(15)13-22(3)16(2)11-12-19(24(22)20(25)35-24)34-21(30)23(31-4,26(27,28)29)17-9-7-6-8-10-17/h6-10,16,18-20H,1,11-14H2,2-5H3/t16-,18-,19+,20-,22+,23-,24+,25+/m0/s1. The van der Waals surface area contributed by atoms with Crippen LogP contribution in [0.4, 0.5) is 13.2 Å². The molecule has 9 heteroatoms. The average molecular weight is 497 g/mol. The van der Waals surface area contributed by atoms with E-state index in [0.717, 1.165) is 12.7 Å². The van der Waals surface area contributed by atoms with Crippen molar-refractivity contribution in [1.29, 1.82) is 0 Å². The number of carbonyl (C=O) groups excluding carboxylic acids is 1. The first-order valence-corrected chi connectivity index (χ1v) is 11.9. The van der Waals surface area contributed by atoms with Crippen LogP contribution in [-0.4, -0.2) is 56.6 Å². The van der Waals surface area contributed by atoms with Gasteiger partial charge < -0.3 is 23.7 Å². The number of methoxy groups -OCH3 is 2. The molecule has 2 heterocycles. The normalized spacial score (nSPS) is 41.9. The number of halogens is 3. The van der Waals surface area contributed by atoms with Crippen LogP contribution in [0.15, 0.2) is 42.5 Å². The maximum atomic E-state index is 14.5. The number of alkyl halides is 3. The molecule has 2 aliphatic heterocycles. The van der Waals surface area contributed by atoms with Gasteiger partial charge in [0.1, 0.15) is 17.8 Å². The van der Waals surface area contributed by atoms with E-state index < -0.39 is 46.8 Å². The maximum Gasteiger partial charge on any atom is 0.432 e. The molecule has 0 N–H and O–H groups in total. The molecule has 8 atom stereocenters. The highest BCUT2D eigenvalue weighted by atomic mass is 19.4. The lowest BCUT2D eigenvalue weighted by Crippen LogP contribution is -2.65. The molecule has 4 aliphatic rings. The van der Waals surface area contributed by atoms with E-state index >= 15 is 0 Å². The van der Waals surface area contributed by atoms with Gasteiger partial charge in [0.15, 0.2) is 0 Å². The molecule has 0 bridgehead atoms. The maximum absolute atomic E-state index is 14.5. The molecule has 35 heavy (non-hydrogen) atoms. The molecule has 4 fully saturated rings. The summed E-state index contributed by atoms with van der Waals surface area (Å²) in [6.07, 6.45) is -4.93. The van der Waals surface area contributed by atoms with E-state index in [1.807, 2.05) is 0 Å². The average Bonchev–Trinajstić information content (AvgIpc) is 3.51. The Bertz CT molecular complexity index is 1030. The summed E-state index contributed by atoms with van der Waals surface area (Å²) in [5.41, 5.74) is -4.21. The largest absolute Gasteiger partial charge is 0.456 e. The topological polar surface area (TPSA) is 66.5 Å². The number of hydrogen-bond acceptors (Lipinski definition) is 6. The van der Waals surface area contributed by atoms with Crippen LogP contribution in [0.3, 0.4) is 0 Å². The number of ether oxygens (including phenoxy) is 5. The Kier molecular flexibility index (Phi) is 5.50. The summed E-state index contributed by atoms with van der Waals surface area (Å²) in [4.78, 5) is 13.5. The van der Waals surface area contributed by atoms with Gasteiger partial charge in [0.2, 0.25) is 5.79 Å². The van der Waals surface area contributed by atoms with Gasteiger partial charge in [-0.1, -0.05) is 50.8 Å². The highest BCUT2D eigenvalue weighted by Crippen LogP contribution is 2.73. The molecule has 0 aromatic heterocycles. The minimum atomic E-state index is -5.05. The lowest BCUT2D eigenvalue weighted by molar-refractivity contribution is -0.283. The molecule has 0 unspecified atom stereocenters. The highest BCUT2D eigenvalue weighted by molar-refractivity contribution is 5.83. The van der Waals surface area contributed by atoms with Crippen molar-refractivity contribution in [3.05, 3.63) is 48.0 Å². The van der Waals surface area contributed by atoms with Crippen LogP contribution in [0, 0.1) is 17.3 Å². The summed E-state index contributed by atoms with van der Waals surface area (Å²) >= 11 is 0. The van der Waals surface area contributed by atoms with E-state index in [4.69, 9.17) is 23.7 Å². The second-order valence-corrected chi connectivity index (χ2v) is 10.5. The number of rotatable bonds is 5.